The molecule has 0 bridgehead atoms. The lowest BCUT2D eigenvalue weighted by Crippen LogP contribution is -2.54. The first-order valence-electron chi connectivity index (χ1n) is 12.9. The summed E-state index contributed by atoms with van der Waals surface area (Å²) < 4.78 is 16.5. The molecule has 1 heterocycles. The van der Waals surface area contributed by atoms with E-state index in [0.29, 0.717) is 36.3 Å². The van der Waals surface area contributed by atoms with Crippen LogP contribution in [0.15, 0.2) is 42.0 Å². The van der Waals surface area contributed by atoms with Crippen LogP contribution in [-0.4, -0.2) is 45.4 Å². The average Bonchev–Trinajstić information content (AvgIpc) is 3.21. The second-order valence-corrected chi connectivity index (χ2v) is 11.1. The van der Waals surface area contributed by atoms with E-state index in [9.17, 15) is 19.1 Å². The number of para-hydroxylation sites is 1. The molecule has 1 aromatic carbocycles. The number of hydrogen-bond donors (Lipinski definition) is 3. The van der Waals surface area contributed by atoms with E-state index in [0.717, 1.165) is 31.3 Å². The van der Waals surface area contributed by atoms with E-state index >= 15 is 0 Å². The number of fused-ring (bicyclic) bond motifs is 1. The van der Waals surface area contributed by atoms with E-state index in [1.807, 2.05) is 26.8 Å². The molecule has 0 aliphatic heterocycles. The lowest BCUT2D eigenvalue weighted by molar-refractivity contribution is -0.125. The van der Waals surface area contributed by atoms with Gasteiger partial charge in [-0.15, -0.1) is 0 Å². The van der Waals surface area contributed by atoms with Gasteiger partial charge in [-0.05, 0) is 42.2 Å². The van der Waals surface area contributed by atoms with E-state index in [4.69, 9.17) is 0 Å². The van der Waals surface area contributed by atoms with E-state index in [2.05, 4.69) is 15.7 Å². The number of rotatable bonds is 7. The predicted molar refractivity (Wildman–Crippen MR) is 138 cm³/mol. The van der Waals surface area contributed by atoms with Crippen LogP contribution in [0.3, 0.4) is 0 Å². The lowest BCUT2D eigenvalue weighted by Gasteiger charge is -2.30. The smallest absolute Gasteiger partial charge is 0.273 e. The monoisotopic (exact) mass is 496 g/mol. The van der Waals surface area contributed by atoms with Gasteiger partial charge in [-0.2, -0.15) is 5.10 Å². The summed E-state index contributed by atoms with van der Waals surface area (Å²) in [6.07, 6.45) is 11.1. The highest BCUT2D eigenvalue weighted by atomic mass is 19.1. The Morgan fingerprint density at radius 2 is 1.97 bits per heavy atom. The van der Waals surface area contributed by atoms with Crippen molar-refractivity contribution < 1.29 is 19.1 Å². The first-order chi connectivity index (χ1) is 17.1. The highest BCUT2D eigenvalue weighted by Gasteiger charge is 2.34. The summed E-state index contributed by atoms with van der Waals surface area (Å²) in [4.78, 5) is 26.6. The van der Waals surface area contributed by atoms with Crippen molar-refractivity contribution in [1.29, 1.82) is 0 Å². The topological polar surface area (TPSA) is 96.2 Å². The molecule has 0 radical (unpaired) electrons. The zero-order valence-corrected chi connectivity index (χ0v) is 21.4. The number of benzene rings is 1. The molecule has 3 N–H and O–H groups in total. The number of aromatic nitrogens is 2. The van der Waals surface area contributed by atoms with Crippen LogP contribution in [0.25, 0.3) is 10.9 Å². The molecule has 2 atom stereocenters. The molecule has 2 amide bonds. The van der Waals surface area contributed by atoms with Gasteiger partial charge >= 0.3 is 0 Å². The van der Waals surface area contributed by atoms with Gasteiger partial charge in [0.05, 0.1) is 6.10 Å². The van der Waals surface area contributed by atoms with Crippen molar-refractivity contribution >= 4 is 22.7 Å². The summed E-state index contributed by atoms with van der Waals surface area (Å²) in [6, 6.07) is 3.86. The van der Waals surface area contributed by atoms with Crippen molar-refractivity contribution in [1.82, 2.24) is 20.4 Å². The zero-order valence-electron chi connectivity index (χ0n) is 21.4. The Labute approximate surface area is 211 Å². The number of carbonyl (C=O) groups excluding carboxylic acids is 2. The molecular formula is C28H37FN4O3. The quantitative estimate of drug-likeness (QED) is 0.534. The number of aliphatic hydroxyl groups excluding tert-OH is 1. The summed E-state index contributed by atoms with van der Waals surface area (Å²) in [5.74, 6) is -0.801. The first-order valence-corrected chi connectivity index (χ1v) is 12.9. The van der Waals surface area contributed by atoms with Gasteiger partial charge in [-0.1, -0.05) is 70.4 Å². The maximum Gasteiger partial charge on any atom is 0.273 e. The van der Waals surface area contributed by atoms with Crippen LogP contribution < -0.4 is 10.6 Å². The van der Waals surface area contributed by atoms with Crippen molar-refractivity contribution in [2.75, 3.05) is 6.54 Å². The minimum absolute atomic E-state index is 0.134. The van der Waals surface area contributed by atoms with Crippen molar-refractivity contribution in [2.24, 2.45) is 11.3 Å². The predicted octanol–water partition coefficient (Wildman–Crippen LogP) is 4.26. The Hall–Kier alpha value is -3.00. The van der Waals surface area contributed by atoms with Crippen LogP contribution in [0.5, 0.6) is 0 Å². The third-order valence-corrected chi connectivity index (χ3v) is 7.12. The summed E-state index contributed by atoms with van der Waals surface area (Å²) in [5, 5.41) is 20.4. The van der Waals surface area contributed by atoms with Gasteiger partial charge < -0.3 is 15.7 Å². The molecule has 0 saturated heterocycles. The Bertz CT molecular complexity index is 1170. The van der Waals surface area contributed by atoms with E-state index in [1.165, 1.54) is 12.5 Å². The molecule has 0 spiro atoms. The van der Waals surface area contributed by atoms with Crippen molar-refractivity contribution in [2.45, 2.75) is 78.0 Å². The standard InChI is InChI=1S/C28H37FN4O3/c1-28(2,3)25(27(36)30-16-18-12-14-20(34)15-13-18)31-26(35)23-21-10-7-11-22(29)24(21)33(32-23)17-19-8-5-4-6-9-19/h7,10-14,19-20,25,34H,4-6,8-9,15-17H2,1-3H3,(H,30,36)(H,31,35). The summed E-state index contributed by atoms with van der Waals surface area (Å²) in [7, 11) is 0. The van der Waals surface area contributed by atoms with Gasteiger partial charge in [0.25, 0.3) is 5.91 Å². The highest BCUT2D eigenvalue weighted by Crippen LogP contribution is 2.29. The number of halogens is 1. The number of nitrogens with zero attached hydrogens (tertiary/aromatic N) is 2. The number of carbonyl (C=O) groups is 2. The molecule has 7 nitrogen and oxygen atoms in total. The van der Waals surface area contributed by atoms with Crippen LogP contribution >= 0.6 is 0 Å². The second-order valence-electron chi connectivity index (χ2n) is 11.1. The third kappa shape index (κ3) is 6.03. The van der Waals surface area contributed by atoms with Crippen LogP contribution in [0.1, 0.15) is 69.8 Å². The van der Waals surface area contributed by atoms with E-state index in [1.54, 1.807) is 29.0 Å². The Morgan fingerprint density at radius 1 is 1.22 bits per heavy atom. The van der Waals surface area contributed by atoms with Crippen LogP contribution in [0.4, 0.5) is 4.39 Å². The highest BCUT2D eigenvalue weighted by molar-refractivity contribution is 6.06. The number of hydrogen-bond acceptors (Lipinski definition) is 4. The molecule has 1 saturated carbocycles. The van der Waals surface area contributed by atoms with E-state index < -0.39 is 29.3 Å². The SMILES string of the molecule is CC(C)(C)C(NC(=O)c1nn(CC2CCCCC2)c2c(F)cccc12)C(=O)NCC1=CCC(O)C=C1. The molecule has 1 fully saturated rings. The summed E-state index contributed by atoms with van der Waals surface area (Å²) in [5.41, 5.74) is 0.798. The number of aliphatic hydroxyl groups is 1. The molecule has 8 heteroatoms. The first kappa shape index (κ1) is 26.1. The molecular weight excluding hydrogens is 459 g/mol. The van der Waals surface area contributed by atoms with Crippen LogP contribution in [0, 0.1) is 17.2 Å². The molecule has 2 unspecified atom stereocenters. The molecule has 194 valence electrons. The van der Waals surface area contributed by atoms with Gasteiger partial charge in [0.2, 0.25) is 5.91 Å². The molecule has 2 aliphatic carbocycles. The largest absolute Gasteiger partial charge is 0.389 e. The van der Waals surface area contributed by atoms with Gasteiger partial charge in [0, 0.05) is 18.5 Å². The fourth-order valence-corrected chi connectivity index (χ4v) is 5.06. The Kier molecular flexibility index (Phi) is 7.93. The van der Waals surface area contributed by atoms with Crippen molar-refractivity contribution in [3.8, 4) is 0 Å². The minimum atomic E-state index is -0.823. The number of nitrogens with one attached hydrogen (secondary N) is 2. The van der Waals surface area contributed by atoms with Crippen LogP contribution in [0.2, 0.25) is 0 Å². The molecule has 2 aromatic rings. The van der Waals surface area contributed by atoms with Crippen molar-refractivity contribution in [3.05, 3.63) is 53.5 Å². The second kappa shape index (κ2) is 10.9. The zero-order chi connectivity index (χ0) is 25.9. The molecule has 36 heavy (non-hydrogen) atoms. The van der Waals surface area contributed by atoms with Crippen LogP contribution in [-0.2, 0) is 11.3 Å². The van der Waals surface area contributed by atoms with Gasteiger partial charge in [-0.3, -0.25) is 14.3 Å². The van der Waals surface area contributed by atoms with Gasteiger partial charge in [0.15, 0.2) is 5.69 Å². The van der Waals surface area contributed by atoms with Gasteiger partial charge in [0.1, 0.15) is 17.4 Å². The van der Waals surface area contributed by atoms with E-state index in [-0.39, 0.29) is 11.6 Å². The Balaban J connectivity index is 1.53. The minimum Gasteiger partial charge on any atom is -0.389 e. The average molecular weight is 497 g/mol. The fourth-order valence-electron chi connectivity index (χ4n) is 5.06. The fraction of sp³-hybridized carbons (Fsp3) is 0.536. The summed E-state index contributed by atoms with van der Waals surface area (Å²) in [6.45, 7) is 6.52. The third-order valence-electron chi connectivity index (χ3n) is 7.12. The molecule has 2 aliphatic rings. The Morgan fingerprint density at radius 3 is 2.64 bits per heavy atom. The molecule has 4 rings (SSSR count). The normalized spacial score (nSPS) is 19.7. The molecule has 1 aromatic heterocycles. The lowest BCUT2D eigenvalue weighted by atomic mass is 9.86. The number of amides is 2. The maximum atomic E-state index is 14.9. The maximum absolute atomic E-state index is 14.9. The van der Waals surface area contributed by atoms with Gasteiger partial charge in [-0.25, -0.2) is 4.39 Å². The van der Waals surface area contributed by atoms with Crippen molar-refractivity contribution in [3.63, 3.8) is 0 Å². The summed E-state index contributed by atoms with van der Waals surface area (Å²) >= 11 is 0.